The molecule has 2 aliphatic heterocycles. The lowest BCUT2D eigenvalue weighted by Crippen LogP contribution is -2.56. The van der Waals surface area contributed by atoms with Crippen LogP contribution in [0.5, 0.6) is 5.88 Å². The van der Waals surface area contributed by atoms with Gasteiger partial charge in [-0.3, -0.25) is 5.10 Å². The van der Waals surface area contributed by atoms with E-state index >= 15 is 0 Å². The smallest absolute Gasteiger partial charge is 0.307 e. The summed E-state index contributed by atoms with van der Waals surface area (Å²) in [6, 6.07) is 4.18. The van der Waals surface area contributed by atoms with Crippen LogP contribution in [0.3, 0.4) is 0 Å². The van der Waals surface area contributed by atoms with E-state index in [9.17, 15) is 4.79 Å². The highest BCUT2D eigenvalue weighted by Crippen LogP contribution is 2.38. The molecule has 0 radical (unpaired) electrons. The third kappa shape index (κ3) is 3.70. The number of carbonyl (C=O) groups excluding carboxylic acids is 1. The normalized spacial score (nSPS) is 19.5. The molecule has 0 atom stereocenters. The van der Waals surface area contributed by atoms with Crippen molar-refractivity contribution in [2.75, 3.05) is 39.5 Å². The molecule has 2 fully saturated rings. The molecule has 0 bridgehead atoms. The van der Waals surface area contributed by atoms with Crippen LogP contribution >= 0.6 is 0 Å². The summed E-state index contributed by atoms with van der Waals surface area (Å²) in [5.41, 5.74) is 2.60. The fourth-order valence-electron chi connectivity index (χ4n) is 4.61. The number of H-pyrrole nitrogens is 1. The van der Waals surface area contributed by atoms with Gasteiger partial charge in [0.05, 0.1) is 37.3 Å². The molecular weight excluding hydrogens is 410 g/mol. The van der Waals surface area contributed by atoms with Crippen molar-refractivity contribution < 1.29 is 19.0 Å². The lowest BCUT2D eigenvalue weighted by atomic mass is 10.1. The Balaban J connectivity index is 1.59. The zero-order valence-electron chi connectivity index (χ0n) is 18.6. The standard InChI is InChI=1S/C23H30N5O4/c1-16(2)27-14-17(13-20(27)28(15-29)7-11-31-12-8-28)22-21-19(25-26-22)3-6-24-23(21)32-18-4-9-30-10-5-18/h3,6,13-16,18H,4-5,7-12H2,1-2H3,(H,25,26)/q+1. The molecule has 3 aromatic heterocycles. The van der Waals surface area contributed by atoms with E-state index < -0.39 is 0 Å². The Morgan fingerprint density at radius 1 is 1.22 bits per heavy atom. The molecule has 2 aliphatic rings. The summed E-state index contributed by atoms with van der Waals surface area (Å²) in [7, 11) is 0. The van der Waals surface area contributed by atoms with Crippen LogP contribution in [0, 0.1) is 0 Å². The van der Waals surface area contributed by atoms with E-state index in [1.807, 2.05) is 6.07 Å². The van der Waals surface area contributed by atoms with Crippen molar-refractivity contribution in [1.82, 2.24) is 24.2 Å². The van der Waals surface area contributed by atoms with E-state index in [2.05, 4.69) is 45.9 Å². The van der Waals surface area contributed by atoms with E-state index in [1.165, 1.54) is 0 Å². The summed E-state index contributed by atoms with van der Waals surface area (Å²) in [6.45, 7) is 8.04. The maximum Gasteiger partial charge on any atom is 0.307 e. The summed E-state index contributed by atoms with van der Waals surface area (Å²) < 4.78 is 19.7. The van der Waals surface area contributed by atoms with Crippen molar-refractivity contribution in [3.8, 4) is 17.1 Å². The number of nitrogens with zero attached hydrogens (tertiary/aromatic N) is 4. The Labute approximate surface area is 186 Å². The van der Waals surface area contributed by atoms with Crippen LogP contribution in [-0.4, -0.2) is 71.8 Å². The monoisotopic (exact) mass is 440 g/mol. The molecule has 0 unspecified atom stereocenters. The van der Waals surface area contributed by atoms with Crippen LogP contribution in [0.15, 0.2) is 24.5 Å². The van der Waals surface area contributed by atoms with Gasteiger partial charge in [-0.05, 0) is 19.9 Å². The number of morpholine rings is 1. The highest BCUT2D eigenvalue weighted by atomic mass is 16.5. The Bertz CT molecular complexity index is 1090. The van der Waals surface area contributed by atoms with Crippen molar-refractivity contribution in [2.24, 2.45) is 0 Å². The molecule has 0 aliphatic carbocycles. The molecule has 5 heterocycles. The predicted molar refractivity (Wildman–Crippen MR) is 121 cm³/mol. The Morgan fingerprint density at radius 2 is 1.97 bits per heavy atom. The van der Waals surface area contributed by atoms with Gasteiger partial charge in [0.1, 0.15) is 24.9 Å². The van der Waals surface area contributed by atoms with Crippen LogP contribution in [0.2, 0.25) is 0 Å². The largest absolute Gasteiger partial charge is 0.474 e. The topological polar surface area (TPSA) is 91.3 Å². The number of ether oxygens (including phenoxy) is 3. The van der Waals surface area contributed by atoms with Crippen molar-refractivity contribution >= 4 is 23.1 Å². The number of carbonyl (C=O) groups is 1. The quantitative estimate of drug-likeness (QED) is 0.468. The fourth-order valence-corrected chi connectivity index (χ4v) is 4.61. The van der Waals surface area contributed by atoms with Crippen molar-refractivity contribution in [2.45, 2.75) is 38.8 Å². The molecule has 170 valence electrons. The van der Waals surface area contributed by atoms with Crippen molar-refractivity contribution in [1.29, 1.82) is 0 Å². The number of amides is 1. The molecule has 1 N–H and O–H groups in total. The number of aromatic nitrogens is 4. The lowest BCUT2D eigenvalue weighted by Gasteiger charge is -2.35. The first-order valence-corrected chi connectivity index (χ1v) is 11.3. The maximum atomic E-state index is 12.3. The number of fused-ring (bicyclic) bond motifs is 1. The van der Waals surface area contributed by atoms with Gasteiger partial charge < -0.3 is 18.8 Å². The second kappa shape index (κ2) is 8.65. The van der Waals surface area contributed by atoms with Gasteiger partial charge in [0, 0.05) is 42.9 Å². The van der Waals surface area contributed by atoms with Gasteiger partial charge in [-0.2, -0.15) is 5.10 Å². The van der Waals surface area contributed by atoms with E-state index in [1.54, 1.807) is 6.20 Å². The summed E-state index contributed by atoms with van der Waals surface area (Å²) in [6.07, 6.45) is 6.65. The number of hydrogen-bond acceptors (Lipinski definition) is 6. The first-order valence-electron chi connectivity index (χ1n) is 11.3. The highest BCUT2D eigenvalue weighted by molar-refractivity contribution is 5.97. The van der Waals surface area contributed by atoms with Gasteiger partial charge in [-0.15, -0.1) is 0 Å². The van der Waals surface area contributed by atoms with Crippen molar-refractivity contribution in [3.63, 3.8) is 0 Å². The van der Waals surface area contributed by atoms with Gasteiger partial charge in [0.2, 0.25) is 11.7 Å². The van der Waals surface area contributed by atoms with Crippen LogP contribution in [0.1, 0.15) is 32.7 Å². The zero-order chi connectivity index (χ0) is 22.1. The Morgan fingerprint density at radius 3 is 2.69 bits per heavy atom. The summed E-state index contributed by atoms with van der Waals surface area (Å²) in [5.74, 6) is 1.54. The van der Waals surface area contributed by atoms with E-state index in [0.717, 1.165) is 47.2 Å². The lowest BCUT2D eigenvalue weighted by molar-refractivity contribution is -0.121. The summed E-state index contributed by atoms with van der Waals surface area (Å²) in [4.78, 5) is 16.8. The molecular formula is C23H30N5O4+. The van der Waals surface area contributed by atoms with E-state index in [-0.39, 0.29) is 16.6 Å². The average molecular weight is 441 g/mol. The minimum Gasteiger partial charge on any atom is -0.474 e. The molecule has 5 rings (SSSR count). The molecule has 32 heavy (non-hydrogen) atoms. The predicted octanol–water partition coefficient (Wildman–Crippen LogP) is 3.06. The minimum atomic E-state index is 0.0812. The number of quaternary nitrogens is 1. The third-order valence-electron chi connectivity index (χ3n) is 6.47. The number of hydrogen-bond donors (Lipinski definition) is 1. The molecule has 3 aromatic rings. The van der Waals surface area contributed by atoms with Gasteiger partial charge in [0.25, 0.3) is 0 Å². The van der Waals surface area contributed by atoms with Crippen LogP contribution in [0.4, 0.5) is 5.82 Å². The van der Waals surface area contributed by atoms with Gasteiger partial charge in [-0.1, -0.05) is 0 Å². The second-order valence-electron chi connectivity index (χ2n) is 8.83. The number of nitrogens with one attached hydrogen (secondary N) is 1. The van der Waals surface area contributed by atoms with Crippen LogP contribution in [-0.2, 0) is 14.3 Å². The minimum absolute atomic E-state index is 0.0812. The number of pyridine rings is 1. The molecule has 9 nitrogen and oxygen atoms in total. The summed E-state index contributed by atoms with van der Waals surface area (Å²) >= 11 is 0. The van der Waals surface area contributed by atoms with Gasteiger partial charge in [-0.25, -0.2) is 14.3 Å². The first kappa shape index (κ1) is 21.1. The Kier molecular flexibility index (Phi) is 5.71. The Hall–Kier alpha value is -2.75. The summed E-state index contributed by atoms with van der Waals surface area (Å²) in [5, 5.41) is 8.62. The van der Waals surface area contributed by atoms with Gasteiger partial charge in [0.15, 0.2) is 0 Å². The molecule has 0 spiro atoms. The van der Waals surface area contributed by atoms with E-state index in [4.69, 9.17) is 14.2 Å². The molecule has 1 amide bonds. The third-order valence-corrected chi connectivity index (χ3v) is 6.47. The SMILES string of the molecule is CC(C)n1cc(-c2n[nH]c3ccnc(OC4CCOCC4)c23)cc1[N+]1(C=O)CCOCC1. The van der Waals surface area contributed by atoms with Gasteiger partial charge >= 0.3 is 6.41 Å². The average Bonchev–Trinajstić information content (AvgIpc) is 3.46. The van der Waals surface area contributed by atoms with Crippen LogP contribution < -0.4 is 9.22 Å². The number of aromatic amines is 1. The number of rotatable bonds is 6. The zero-order valence-corrected chi connectivity index (χ0v) is 18.6. The molecule has 9 heteroatoms. The second-order valence-corrected chi connectivity index (χ2v) is 8.83. The maximum absolute atomic E-state index is 12.3. The fraction of sp³-hybridized carbons (Fsp3) is 0.522. The van der Waals surface area contributed by atoms with Crippen molar-refractivity contribution in [3.05, 3.63) is 24.5 Å². The van der Waals surface area contributed by atoms with Crippen LogP contribution in [0.25, 0.3) is 22.2 Å². The molecule has 0 aromatic carbocycles. The highest BCUT2D eigenvalue weighted by Gasteiger charge is 2.37. The molecule has 0 saturated carbocycles. The molecule has 2 saturated heterocycles. The first-order chi connectivity index (χ1) is 15.6. The van der Waals surface area contributed by atoms with E-state index in [0.29, 0.717) is 45.4 Å².